The molecule has 0 aromatic carbocycles. The SMILES string of the molecule is CC(C)(N)CN1CCC(N(CC(F)(F)F)S(C)(=O)=O)CC1.Cl. The molecular formula is C12H25ClF3N3O2S. The fraction of sp³-hybridized carbons (Fsp3) is 1.00. The van der Waals surface area contributed by atoms with Crippen LogP contribution >= 0.6 is 12.4 Å². The topological polar surface area (TPSA) is 66.6 Å². The second-order valence-electron chi connectivity index (χ2n) is 6.42. The zero-order valence-corrected chi connectivity index (χ0v) is 14.7. The lowest BCUT2D eigenvalue weighted by atomic mass is 10.0. The summed E-state index contributed by atoms with van der Waals surface area (Å²) in [5, 5.41) is 0. The molecule has 1 aliphatic heterocycles. The van der Waals surface area contributed by atoms with Gasteiger partial charge in [-0.05, 0) is 39.8 Å². The van der Waals surface area contributed by atoms with Gasteiger partial charge in [0.2, 0.25) is 10.0 Å². The van der Waals surface area contributed by atoms with E-state index in [0.717, 1.165) is 6.26 Å². The molecule has 22 heavy (non-hydrogen) atoms. The van der Waals surface area contributed by atoms with Crippen molar-refractivity contribution in [3.8, 4) is 0 Å². The van der Waals surface area contributed by atoms with Gasteiger partial charge in [0.25, 0.3) is 0 Å². The molecule has 0 saturated carbocycles. The van der Waals surface area contributed by atoms with E-state index >= 15 is 0 Å². The molecule has 1 aliphatic rings. The lowest BCUT2D eigenvalue weighted by Gasteiger charge is -2.39. The highest BCUT2D eigenvalue weighted by molar-refractivity contribution is 7.88. The number of hydrogen-bond acceptors (Lipinski definition) is 4. The van der Waals surface area contributed by atoms with Gasteiger partial charge in [0, 0.05) is 18.1 Å². The Morgan fingerprint density at radius 1 is 1.23 bits per heavy atom. The van der Waals surface area contributed by atoms with Gasteiger partial charge in [0.15, 0.2) is 0 Å². The summed E-state index contributed by atoms with van der Waals surface area (Å²) < 4.78 is 61.5. The van der Waals surface area contributed by atoms with Crippen molar-refractivity contribution < 1.29 is 21.6 Å². The number of alkyl halides is 3. The normalized spacial score (nSPS) is 19.3. The van der Waals surface area contributed by atoms with Crippen LogP contribution in [0, 0.1) is 0 Å². The fourth-order valence-corrected chi connectivity index (χ4v) is 3.77. The van der Waals surface area contributed by atoms with E-state index in [-0.39, 0.29) is 17.9 Å². The zero-order valence-electron chi connectivity index (χ0n) is 13.1. The Hall–Kier alpha value is -0.0900. The first-order valence-electron chi connectivity index (χ1n) is 6.83. The van der Waals surface area contributed by atoms with Crippen molar-refractivity contribution >= 4 is 22.4 Å². The molecule has 0 aliphatic carbocycles. The summed E-state index contributed by atoms with van der Waals surface area (Å²) in [6.07, 6.45) is -2.92. The molecule has 0 bridgehead atoms. The number of halogens is 4. The smallest absolute Gasteiger partial charge is 0.324 e. The fourth-order valence-electron chi connectivity index (χ4n) is 2.64. The lowest BCUT2D eigenvalue weighted by Crippen LogP contribution is -2.53. The summed E-state index contributed by atoms with van der Waals surface area (Å²) in [5.74, 6) is 0. The highest BCUT2D eigenvalue weighted by Gasteiger charge is 2.39. The minimum atomic E-state index is -4.53. The summed E-state index contributed by atoms with van der Waals surface area (Å²) >= 11 is 0. The summed E-state index contributed by atoms with van der Waals surface area (Å²) in [6, 6.07) is -0.598. The van der Waals surface area contributed by atoms with Crippen LogP contribution in [0.4, 0.5) is 13.2 Å². The van der Waals surface area contributed by atoms with E-state index in [1.165, 1.54) is 0 Å². The van der Waals surface area contributed by atoms with Crippen LogP contribution in [0.2, 0.25) is 0 Å². The predicted molar refractivity (Wildman–Crippen MR) is 82.6 cm³/mol. The van der Waals surface area contributed by atoms with Crippen molar-refractivity contribution in [3.05, 3.63) is 0 Å². The summed E-state index contributed by atoms with van der Waals surface area (Å²) in [5.41, 5.74) is 5.54. The van der Waals surface area contributed by atoms with Crippen LogP contribution < -0.4 is 5.73 Å². The molecule has 1 rings (SSSR count). The minimum Gasteiger partial charge on any atom is -0.324 e. The quantitative estimate of drug-likeness (QED) is 0.798. The Morgan fingerprint density at radius 2 is 1.68 bits per heavy atom. The van der Waals surface area contributed by atoms with Gasteiger partial charge in [0.1, 0.15) is 6.54 Å². The van der Waals surface area contributed by atoms with Crippen molar-refractivity contribution in [2.24, 2.45) is 5.73 Å². The minimum absolute atomic E-state index is 0. The van der Waals surface area contributed by atoms with E-state index in [1.807, 2.05) is 13.8 Å². The van der Waals surface area contributed by atoms with Gasteiger partial charge in [-0.25, -0.2) is 8.42 Å². The lowest BCUT2D eigenvalue weighted by molar-refractivity contribution is -0.140. The third-order valence-corrected chi connectivity index (χ3v) is 4.64. The third kappa shape index (κ3) is 7.96. The van der Waals surface area contributed by atoms with Crippen molar-refractivity contribution in [1.82, 2.24) is 9.21 Å². The highest BCUT2D eigenvalue weighted by Crippen LogP contribution is 2.25. The van der Waals surface area contributed by atoms with Gasteiger partial charge in [-0.1, -0.05) is 0 Å². The molecule has 1 fully saturated rings. The van der Waals surface area contributed by atoms with Crippen LogP contribution in [0.25, 0.3) is 0 Å². The van der Waals surface area contributed by atoms with Gasteiger partial charge in [0.05, 0.1) is 6.26 Å². The van der Waals surface area contributed by atoms with Crippen LogP contribution in [-0.2, 0) is 10.0 Å². The van der Waals surface area contributed by atoms with E-state index in [0.29, 0.717) is 36.8 Å². The second-order valence-corrected chi connectivity index (χ2v) is 8.35. The van der Waals surface area contributed by atoms with Crippen molar-refractivity contribution in [1.29, 1.82) is 0 Å². The molecule has 10 heteroatoms. The summed E-state index contributed by atoms with van der Waals surface area (Å²) in [7, 11) is -3.88. The number of likely N-dealkylation sites (tertiary alicyclic amines) is 1. The van der Waals surface area contributed by atoms with Crippen molar-refractivity contribution in [3.63, 3.8) is 0 Å². The number of piperidine rings is 1. The van der Waals surface area contributed by atoms with Gasteiger partial charge >= 0.3 is 6.18 Å². The standard InChI is InChI=1S/C12H24F3N3O2S.ClH/c1-11(2,16)8-17-6-4-10(5-7-17)18(21(3,19)20)9-12(13,14)15;/h10H,4-9,16H2,1-3H3;1H. The van der Waals surface area contributed by atoms with E-state index in [4.69, 9.17) is 5.73 Å². The zero-order chi connectivity index (χ0) is 16.5. The van der Waals surface area contributed by atoms with Gasteiger partial charge in [-0.3, -0.25) is 0 Å². The first-order chi connectivity index (χ1) is 9.28. The summed E-state index contributed by atoms with van der Waals surface area (Å²) in [4.78, 5) is 2.06. The average molecular weight is 368 g/mol. The number of nitrogens with zero attached hydrogens (tertiary/aromatic N) is 2. The van der Waals surface area contributed by atoms with Crippen LogP contribution in [0.15, 0.2) is 0 Å². The average Bonchev–Trinajstić information content (AvgIpc) is 2.22. The van der Waals surface area contributed by atoms with Crippen LogP contribution in [0.5, 0.6) is 0 Å². The number of sulfonamides is 1. The van der Waals surface area contributed by atoms with Crippen LogP contribution in [0.1, 0.15) is 26.7 Å². The molecule has 0 amide bonds. The first-order valence-corrected chi connectivity index (χ1v) is 8.67. The molecule has 1 saturated heterocycles. The van der Waals surface area contributed by atoms with Gasteiger partial charge in [-0.2, -0.15) is 17.5 Å². The maximum absolute atomic E-state index is 12.6. The Morgan fingerprint density at radius 3 is 2.00 bits per heavy atom. The van der Waals surface area contributed by atoms with E-state index < -0.39 is 28.8 Å². The molecule has 0 atom stereocenters. The van der Waals surface area contributed by atoms with E-state index in [9.17, 15) is 21.6 Å². The van der Waals surface area contributed by atoms with Crippen LogP contribution in [0.3, 0.4) is 0 Å². The molecule has 0 unspecified atom stereocenters. The Labute approximate surface area is 136 Å². The molecule has 0 aromatic rings. The van der Waals surface area contributed by atoms with Crippen molar-refractivity contribution in [2.75, 3.05) is 32.4 Å². The van der Waals surface area contributed by atoms with Crippen LogP contribution in [-0.4, -0.2) is 67.8 Å². The monoisotopic (exact) mass is 367 g/mol. The number of nitrogens with two attached hydrogens (primary N) is 1. The first kappa shape index (κ1) is 21.9. The third-order valence-electron chi connectivity index (χ3n) is 3.36. The second kappa shape index (κ2) is 7.65. The van der Waals surface area contributed by atoms with Gasteiger partial charge < -0.3 is 10.6 Å². The maximum atomic E-state index is 12.6. The largest absolute Gasteiger partial charge is 0.402 e. The molecule has 0 radical (unpaired) electrons. The maximum Gasteiger partial charge on any atom is 0.402 e. The Balaban J connectivity index is 0.00000441. The molecule has 1 heterocycles. The van der Waals surface area contributed by atoms with E-state index in [1.54, 1.807) is 0 Å². The molecule has 0 spiro atoms. The molecule has 134 valence electrons. The molecule has 5 nitrogen and oxygen atoms in total. The predicted octanol–water partition coefficient (Wildman–Crippen LogP) is 1.43. The van der Waals surface area contributed by atoms with E-state index in [2.05, 4.69) is 4.90 Å². The molecule has 0 aromatic heterocycles. The Kier molecular flexibility index (Phi) is 7.62. The van der Waals surface area contributed by atoms with Crippen molar-refractivity contribution in [2.45, 2.75) is 44.4 Å². The Bertz CT molecular complexity index is 444. The summed E-state index contributed by atoms with van der Waals surface area (Å²) in [6.45, 7) is 4.08. The number of hydrogen-bond donors (Lipinski definition) is 1. The highest BCUT2D eigenvalue weighted by atomic mass is 35.5. The number of rotatable bonds is 5. The van der Waals surface area contributed by atoms with Gasteiger partial charge in [-0.15, -0.1) is 12.4 Å². The molecule has 2 N–H and O–H groups in total. The molecular weight excluding hydrogens is 343 g/mol.